The Labute approximate surface area is 150 Å². The minimum absolute atomic E-state index is 0.207. The fourth-order valence-electron chi connectivity index (χ4n) is 2.92. The van der Waals surface area contributed by atoms with Crippen LogP contribution in [0, 0.1) is 0 Å². The molecule has 1 aromatic rings. The van der Waals surface area contributed by atoms with Gasteiger partial charge in [0.25, 0.3) is 0 Å². The van der Waals surface area contributed by atoms with Crippen molar-refractivity contribution in [3.8, 4) is 0 Å². The van der Waals surface area contributed by atoms with E-state index < -0.39 is 0 Å². The molecule has 5 nitrogen and oxygen atoms in total. The van der Waals surface area contributed by atoms with Crippen molar-refractivity contribution in [3.05, 3.63) is 60.3 Å². The zero-order chi connectivity index (χ0) is 17.9. The second-order valence-corrected chi connectivity index (χ2v) is 6.23. The maximum atomic E-state index is 11.3. The number of hydrogen-bond donors (Lipinski definition) is 2. The molecule has 0 spiro atoms. The molecule has 5 heteroatoms. The zero-order valence-corrected chi connectivity index (χ0v) is 14.8. The van der Waals surface area contributed by atoms with Gasteiger partial charge in [-0.25, -0.2) is 10.8 Å². The minimum Gasteiger partial charge on any atom is -0.357 e. The van der Waals surface area contributed by atoms with Gasteiger partial charge in [0.15, 0.2) is 0 Å². The van der Waals surface area contributed by atoms with Crippen molar-refractivity contribution in [3.63, 3.8) is 0 Å². The van der Waals surface area contributed by atoms with Gasteiger partial charge in [0.05, 0.1) is 6.42 Å². The lowest BCUT2D eigenvalue weighted by Gasteiger charge is -2.16. The number of aromatic nitrogens is 1. The molecule has 3 N–H and O–H groups in total. The van der Waals surface area contributed by atoms with Gasteiger partial charge in [0, 0.05) is 19.3 Å². The minimum atomic E-state index is -0.207. The molecule has 1 aliphatic heterocycles. The second-order valence-electron chi connectivity index (χ2n) is 6.23. The third-order valence-corrected chi connectivity index (χ3v) is 4.26. The van der Waals surface area contributed by atoms with Gasteiger partial charge in [-0.1, -0.05) is 36.9 Å². The molecule has 0 bridgehead atoms. The number of aryl methyl sites for hydroxylation is 1. The number of nitrogens with one attached hydrogen (secondary N) is 1. The number of rotatable bonds is 9. The average Bonchev–Trinajstić information content (AvgIpc) is 3.16. The summed E-state index contributed by atoms with van der Waals surface area (Å²) < 4.78 is 0. The van der Waals surface area contributed by atoms with Crippen LogP contribution in [0.3, 0.4) is 0 Å². The number of allylic oxidation sites excluding steroid dienone is 4. The lowest BCUT2D eigenvalue weighted by molar-refractivity contribution is -0.120. The zero-order valence-electron chi connectivity index (χ0n) is 14.8. The van der Waals surface area contributed by atoms with Crippen LogP contribution < -0.4 is 16.2 Å². The number of hydrazine groups is 1. The largest absolute Gasteiger partial charge is 0.357 e. The van der Waals surface area contributed by atoms with Crippen LogP contribution in [-0.2, 0) is 11.2 Å². The predicted octanol–water partition coefficient (Wildman–Crippen LogP) is 3.05. The summed E-state index contributed by atoms with van der Waals surface area (Å²) in [7, 11) is 0. The second kappa shape index (κ2) is 10.5. The van der Waals surface area contributed by atoms with Crippen LogP contribution in [-0.4, -0.2) is 24.0 Å². The van der Waals surface area contributed by atoms with Crippen molar-refractivity contribution in [1.82, 2.24) is 10.4 Å². The van der Waals surface area contributed by atoms with Gasteiger partial charge in [-0.2, -0.15) is 0 Å². The third kappa shape index (κ3) is 6.55. The van der Waals surface area contributed by atoms with Gasteiger partial charge in [0.1, 0.15) is 5.82 Å². The summed E-state index contributed by atoms with van der Waals surface area (Å²) in [6.07, 6.45) is 15.4. The van der Waals surface area contributed by atoms with Crippen LogP contribution in [0.25, 0.3) is 0 Å². The molecule has 1 amide bonds. The highest BCUT2D eigenvalue weighted by molar-refractivity contribution is 5.78. The van der Waals surface area contributed by atoms with Gasteiger partial charge in [0.2, 0.25) is 5.91 Å². The van der Waals surface area contributed by atoms with Crippen molar-refractivity contribution in [1.29, 1.82) is 0 Å². The molecule has 25 heavy (non-hydrogen) atoms. The normalized spacial score (nSPS) is 14.9. The van der Waals surface area contributed by atoms with E-state index >= 15 is 0 Å². The molecule has 1 saturated heterocycles. The van der Waals surface area contributed by atoms with Crippen molar-refractivity contribution in [2.75, 3.05) is 18.0 Å². The van der Waals surface area contributed by atoms with Gasteiger partial charge in [-0.05, 0) is 49.3 Å². The maximum absolute atomic E-state index is 11.3. The maximum Gasteiger partial charge on any atom is 0.238 e. The Morgan fingerprint density at radius 1 is 1.36 bits per heavy atom. The van der Waals surface area contributed by atoms with E-state index in [1.54, 1.807) is 6.08 Å². The molecular formula is C20H28N4O. The Hall–Kier alpha value is -2.40. The summed E-state index contributed by atoms with van der Waals surface area (Å²) in [5, 5.41) is 0. The van der Waals surface area contributed by atoms with E-state index in [1.165, 1.54) is 18.4 Å². The highest BCUT2D eigenvalue weighted by Gasteiger charge is 2.12. The third-order valence-electron chi connectivity index (χ3n) is 4.26. The number of amides is 1. The van der Waals surface area contributed by atoms with E-state index in [4.69, 9.17) is 5.84 Å². The summed E-state index contributed by atoms with van der Waals surface area (Å²) in [6.45, 7) is 5.92. The first-order valence-electron chi connectivity index (χ1n) is 8.90. The smallest absolute Gasteiger partial charge is 0.238 e. The molecule has 1 aliphatic rings. The first-order valence-corrected chi connectivity index (χ1v) is 8.90. The number of anilines is 1. The summed E-state index contributed by atoms with van der Waals surface area (Å²) in [6, 6.07) is 4.31. The molecule has 0 saturated carbocycles. The van der Waals surface area contributed by atoms with Crippen molar-refractivity contribution in [2.24, 2.45) is 5.84 Å². The van der Waals surface area contributed by atoms with Crippen molar-refractivity contribution >= 4 is 11.7 Å². The molecule has 1 fully saturated rings. The summed E-state index contributed by atoms with van der Waals surface area (Å²) in [5.74, 6) is 6.01. The first kappa shape index (κ1) is 18.9. The lowest BCUT2D eigenvalue weighted by Crippen LogP contribution is -2.29. The molecule has 2 heterocycles. The van der Waals surface area contributed by atoms with Crippen LogP contribution in [0.1, 0.15) is 37.7 Å². The Morgan fingerprint density at radius 3 is 2.80 bits per heavy atom. The number of pyridine rings is 1. The van der Waals surface area contributed by atoms with E-state index in [9.17, 15) is 4.79 Å². The number of nitrogens with two attached hydrogens (primary N) is 1. The van der Waals surface area contributed by atoms with Crippen LogP contribution >= 0.6 is 0 Å². The van der Waals surface area contributed by atoms with Crippen LogP contribution in [0.5, 0.6) is 0 Å². The van der Waals surface area contributed by atoms with Crippen molar-refractivity contribution in [2.45, 2.75) is 38.5 Å². The van der Waals surface area contributed by atoms with E-state index in [0.29, 0.717) is 0 Å². The average molecular weight is 340 g/mol. The molecular weight excluding hydrogens is 312 g/mol. The van der Waals surface area contributed by atoms with Gasteiger partial charge in [-0.15, -0.1) is 0 Å². The monoisotopic (exact) mass is 340 g/mol. The van der Waals surface area contributed by atoms with E-state index in [0.717, 1.165) is 43.7 Å². The Balaban J connectivity index is 1.75. The molecule has 0 aromatic carbocycles. The van der Waals surface area contributed by atoms with Crippen LogP contribution in [0.4, 0.5) is 5.82 Å². The van der Waals surface area contributed by atoms with Gasteiger partial charge >= 0.3 is 0 Å². The molecule has 0 radical (unpaired) electrons. The summed E-state index contributed by atoms with van der Waals surface area (Å²) in [4.78, 5) is 18.3. The van der Waals surface area contributed by atoms with Crippen molar-refractivity contribution < 1.29 is 4.79 Å². The molecule has 0 atom stereocenters. The highest BCUT2D eigenvalue weighted by atomic mass is 16.2. The molecule has 0 unspecified atom stereocenters. The highest BCUT2D eigenvalue weighted by Crippen LogP contribution is 2.18. The Kier molecular flexibility index (Phi) is 7.92. The standard InChI is InChI=1S/C20H28N4O/c1-2-8-17(15-20(25)23-21)9-4-3-5-10-18-11-12-19(22-16-18)24-13-6-7-14-24/h2,4,8-9,11-12,16H,1,3,5-7,10,13-15,21H2,(H,23,25)/b9-4-,17-8+. The Bertz CT molecular complexity index is 613. The summed E-state index contributed by atoms with van der Waals surface area (Å²) in [5.41, 5.74) is 4.31. The van der Waals surface area contributed by atoms with E-state index in [-0.39, 0.29) is 12.3 Å². The number of unbranched alkanes of at least 4 members (excludes halogenated alkanes) is 1. The van der Waals surface area contributed by atoms with E-state index in [2.05, 4.69) is 40.1 Å². The van der Waals surface area contributed by atoms with E-state index in [1.807, 2.05) is 18.3 Å². The first-order chi connectivity index (χ1) is 12.2. The van der Waals surface area contributed by atoms with Gasteiger partial charge in [-0.3, -0.25) is 10.2 Å². The fourth-order valence-corrected chi connectivity index (χ4v) is 2.92. The SMILES string of the molecule is C=C/C=C(\C=C/CCCc1ccc(N2CCCC2)nc1)CC(=O)NN. The number of carbonyl (C=O) groups excluding carboxylic acids is 1. The Morgan fingerprint density at radius 2 is 2.16 bits per heavy atom. The molecule has 1 aromatic heterocycles. The molecule has 2 rings (SSSR count). The summed E-state index contributed by atoms with van der Waals surface area (Å²) >= 11 is 0. The predicted molar refractivity (Wildman–Crippen MR) is 103 cm³/mol. The number of carbonyl (C=O) groups is 1. The topological polar surface area (TPSA) is 71.2 Å². The van der Waals surface area contributed by atoms with Gasteiger partial charge < -0.3 is 4.90 Å². The number of nitrogens with zero attached hydrogens (tertiary/aromatic N) is 2. The fraction of sp³-hybridized carbons (Fsp3) is 0.400. The lowest BCUT2D eigenvalue weighted by atomic mass is 10.1. The van der Waals surface area contributed by atoms with Crippen LogP contribution in [0.2, 0.25) is 0 Å². The number of hydrogen-bond acceptors (Lipinski definition) is 4. The quantitative estimate of drug-likeness (QED) is 0.238. The van der Waals surface area contributed by atoms with Crippen LogP contribution in [0.15, 0.2) is 54.8 Å². The molecule has 134 valence electrons. The molecule has 0 aliphatic carbocycles.